The molecule has 1 N–H and O–H groups in total. The predicted molar refractivity (Wildman–Crippen MR) is 113 cm³/mol. The Morgan fingerprint density at radius 1 is 1.33 bits per heavy atom. The van der Waals surface area contributed by atoms with Crippen LogP contribution in [0.2, 0.25) is 0 Å². The van der Waals surface area contributed by atoms with Gasteiger partial charge in [-0.3, -0.25) is 19.3 Å². The Balaban J connectivity index is 0.000000383. The van der Waals surface area contributed by atoms with Gasteiger partial charge < -0.3 is 14.6 Å². The number of carbonyl (C=O) groups excluding carboxylic acids is 1. The van der Waals surface area contributed by atoms with Crippen molar-refractivity contribution in [2.24, 2.45) is 7.05 Å². The van der Waals surface area contributed by atoms with E-state index in [1.807, 2.05) is 41.2 Å². The molecule has 2 saturated heterocycles. The van der Waals surface area contributed by atoms with Crippen molar-refractivity contribution in [3.8, 4) is 0 Å². The molecule has 0 saturated carbocycles. The molecule has 33 heavy (non-hydrogen) atoms. The lowest BCUT2D eigenvalue weighted by molar-refractivity contribution is -0.192. The molecule has 1 unspecified atom stereocenters. The van der Waals surface area contributed by atoms with Gasteiger partial charge in [-0.15, -0.1) is 11.3 Å². The second kappa shape index (κ2) is 10.2. The summed E-state index contributed by atoms with van der Waals surface area (Å²) >= 11 is 1.64. The van der Waals surface area contributed by atoms with Crippen LogP contribution in [0.3, 0.4) is 0 Å². The number of aromatic nitrogens is 2. The molecule has 0 aromatic carbocycles. The summed E-state index contributed by atoms with van der Waals surface area (Å²) in [4.78, 5) is 26.7. The summed E-state index contributed by atoms with van der Waals surface area (Å²) in [6.07, 6.45) is -1.16. The van der Waals surface area contributed by atoms with Crippen LogP contribution in [0.15, 0.2) is 24.5 Å². The molecule has 2 aromatic heterocycles. The lowest BCUT2D eigenvalue weighted by Crippen LogP contribution is -2.60. The van der Waals surface area contributed by atoms with E-state index in [2.05, 4.69) is 16.9 Å². The Morgan fingerprint density at radius 3 is 2.64 bits per heavy atom. The molecule has 1 amide bonds. The SMILES string of the molecule is Cc1ccc(N2CC3(COCCN(Cc4cnn(C)c4)C3)OCC2=O)s1.O=C(O)C(F)(F)F. The molecular formula is C20H25F3N4O5S. The van der Waals surface area contributed by atoms with Gasteiger partial charge in [0, 0.05) is 43.3 Å². The molecule has 2 aliphatic heterocycles. The number of rotatable bonds is 3. The van der Waals surface area contributed by atoms with Crippen molar-refractivity contribution in [2.75, 3.05) is 44.4 Å². The summed E-state index contributed by atoms with van der Waals surface area (Å²) in [5.41, 5.74) is 0.673. The second-order valence-electron chi connectivity index (χ2n) is 7.92. The van der Waals surface area contributed by atoms with Crippen LogP contribution in [-0.4, -0.2) is 82.9 Å². The van der Waals surface area contributed by atoms with E-state index in [-0.39, 0.29) is 12.5 Å². The predicted octanol–water partition coefficient (Wildman–Crippen LogP) is 2.06. The Morgan fingerprint density at radius 2 is 2.06 bits per heavy atom. The van der Waals surface area contributed by atoms with E-state index in [9.17, 15) is 18.0 Å². The molecule has 13 heteroatoms. The summed E-state index contributed by atoms with van der Waals surface area (Å²) in [7, 11) is 1.92. The van der Waals surface area contributed by atoms with E-state index < -0.39 is 17.7 Å². The van der Waals surface area contributed by atoms with Crippen LogP contribution in [0.1, 0.15) is 10.4 Å². The highest BCUT2D eigenvalue weighted by molar-refractivity contribution is 7.16. The fraction of sp³-hybridized carbons (Fsp3) is 0.550. The Kier molecular flexibility index (Phi) is 7.77. The fourth-order valence-electron chi connectivity index (χ4n) is 3.60. The number of amides is 1. The number of anilines is 1. The molecule has 2 aromatic rings. The quantitative estimate of drug-likeness (QED) is 0.704. The number of morpholine rings is 1. The van der Waals surface area contributed by atoms with Gasteiger partial charge in [0.2, 0.25) is 0 Å². The Bertz CT molecular complexity index is 979. The molecule has 2 fully saturated rings. The van der Waals surface area contributed by atoms with Gasteiger partial charge >= 0.3 is 12.1 Å². The number of alkyl halides is 3. The zero-order valence-electron chi connectivity index (χ0n) is 18.2. The average Bonchev–Trinajstić information content (AvgIpc) is 3.29. The van der Waals surface area contributed by atoms with Crippen LogP contribution in [0.25, 0.3) is 0 Å². The van der Waals surface area contributed by atoms with Gasteiger partial charge in [-0.1, -0.05) is 0 Å². The number of carbonyl (C=O) groups is 2. The first-order valence-electron chi connectivity index (χ1n) is 10.1. The lowest BCUT2D eigenvalue weighted by atomic mass is 10.0. The lowest BCUT2D eigenvalue weighted by Gasteiger charge is -2.42. The summed E-state index contributed by atoms with van der Waals surface area (Å²) in [5, 5.41) is 12.4. The monoisotopic (exact) mass is 490 g/mol. The minimum Gasteiger partial charge on any atom is -0.475 e. The van der Waals surface area contributed by atoms with E-state index in [1.165, 1.54) is 10.4 Å². The van der Waals surface area contributed by atoms with Crippen molar-refractivity contribution in [1.29, 1.82) is 0 Å². The molecule has 9 nitrogen and oxygen atoms in total. The molecule has 1 atom stereocenters. The standard InChI is InChI=1S/C18H24N4O3S.C2HF3O2/c1-14-3-4-17(26-14)22-12-18(25-10-16(22)23)11-21(5-6-24-13-18)9-15-7-19-20(2)8-15;3-2(4,5)1(6)7/h3-4,7-8H,5-6,9-13H2,1-2H3;(H,6,7). The normalized spacial score (nSPS) is 22.1. The van der Waals surface area contributed by atoms with E-state index in [0.29, 0.717) is 19.8 Å². The van der Waals surface area contributed by atoms with E-state index >= 15 is 0 Å². The van der Waals surface area contributed by atoms with Crippen LogP contribution in [0.4, 0.5) is 18.2 Å². The molecule has 1 spiro atoms. The molecular weight excluding hydrogens is 465 g/mol. The molecule has 0 aliphatic carbocycles. The van der Waals surface area contributed by atoms with Crippen molar-refractivity contribution in [3.05, 3.63) is 35.0 Å². The minimum atomic E-state index is -5.08. The van der Waals surface area contributed by atoms with Gasteiger partial charge in [0.25, 0.3) is 5.91 Å². The van der Waals surface area contributed by atoms with Crippen molar-refractivity contribution in [1.82, 2.24) is 14.7 Å². The molecule has 4 rings (SSSR count). The third kappa shape index (κ3) is 6.76. The molecule has 182 valence electrons. The zero-order valence-corrected chi connectivity index (χ0v) is 19.0. The third-order valence-electron chi connectivity index (χ3n) is 5.08. The van der Waals surface area contributed by atoms with Gasteiger partial charge in [-0.2, -0.15) is 18.3 Å². The number of aryl methyl sites for hydroxylation is 2. The van der Waals surface area contributed by atoms with Crippen LogP contribution in [-0.2, 0) is 32.7 Å². The number of halogens is 3. The number of hydrogen-bond acceptors (Lipinski definition) is 7. The Labute approximate surface area is 192 Å². The summed E-state index contributed by atoms with van der Waals surface area (Å²) in [5.74, 6) is -2.74. The summed E-state index contributed by atoms with van der Waals surface area (Å²) < 4.78 is 45.5. The molecule has 2 aliphatic rings. The van der Waals surface area contributed by atoms with Crippen LogP contribution < -0.4 is 4.90 Å². The topological polar surface area (TPSA) is 97.1 Å². The van der Waals surface area contributed by atoms with Gasteiger partial charge in [-0.25, -0.2) is 4.79 Å². The number of thiophene rings is 1. The zero-order chi connectivity index (χ0) is 24.2. The first-order chi connectivity index (χ1) is 15.5. The van der Waals surface area contributed by atoms with Crippen molar-refractivity contribution < 1.29 is 37.3 Å². The van der Waals surface area contributed by atoms with Gasteiger partial charge in [0.15, 0.2) is 0 Å². The summed E-state index contributed by atoms with van der Waals surface area (Å²) in [6.45, 7) is 6.22. The maximum absolute atomic E-state index is 12.4. The Hall–Kier alpha value is -2.48. The number of nitrogens with zero attached hydrogens (tertiary/aromatic N) is 4. The number of carboxylic acids is 1. The number of hydrogen-bond donors (Lipinski definition) is 1. The van der Waals surface area contributed by atoms with Gasteiger partial charge in [0.05, 0.1) is 31.0 Å². The van der Waals surface area contributed by atoms with Crippen molar-refractivity contribution in [3.63, 3.8) is 0 Å². The largest absolute Gasteiger partial charge is 0.490 e. The van der Waals surface area contributed by atoms with E-state index in [1.54, 1.807) is 11.3 Å². The van der Waals surface area contributed by atoms with E-state index in [4.69, 9.17) is 19.4 Å². The minimum absolute atomic E-state index is 0.0144. The number of aliphatic carboxylic acids is 1. The highest BCUT2D eigenvalue weighted by Gasteiger charge is 2.43. The third-order valence-corrected chi connectivity index (χ3v) is 6.10. The molecule has 4 heterocycles. The van der Waals surface area contributed by atoms with Crippen LogP contribution in [0.5, 0.6) is 0 Å². The maximum atomic E-state index is 12.4. The van der Waals surface area contributed by atoms with Crippen LogP contribution >= 0.6 is 11.3 Å². The highest BCUT2D eigenvalue weighted by atomic mass is 32.1. The smallest absolute Gasteiger partial charge is 0.475 e. The second-order valence-corrected chi connectivity index (χ2v) is 9.19. The van der Waals surface area contributed by atoms with Crippen LogP contribution in [0, 0.1) is 6.92 Å². The van der Waals surface area contributed by atoms with Crippen molar-refractivity contribution in [2.45, 2.75) is 25.2 Å². The number of ether oxygens (including phenoxy) is 2. The summed E-state index contributed by atoms with van der Waals surface area (Å²) in [6, 6.07) is 4.07. The van der Waals surface area contributed by atoms with Gasteiger partial charge in [-0.05, 0) is 19.1 Å². The first-order valence-corrected chi connectivity index (χ1v) is 10.9. The van der Waals surface area contributed by atoms with Crippen molar-refractivity contribution >= 4 is 28.2 Å². The number of carboxylic acid groups (broad SMARTS) is 1. The van der Waals surface area contributed by atoms with E-state index in [0.717, 1.165) is 24.6 Å². The maximum Gasteiger partial charge on any atom is 0.490 e. The average molecular weight is 491 g/mol. The fourth-order valence-corrected chi connectivity index (χ4v) is 4.47. The molecule has 0 radical (unpaired) electrons. The molecule has 0 bridgehead atoms. The highest BCUT2D eigenvalue weighted by Crippen LogP contribution is 2.31. The van der Waals surface area contributed by atoms with Gasteiger partial charge in [0.1, 0.15) is 12.2 Å². The first kappa shape index (κ1) is 25.1.